The topological polar surface area (TPSA) is 90.5 Å². The van der Waals surface area contributed by atoms with Gasteiger partial charge in [0.15, 0.2) is 0 Å². The van der Waals surface area contributed by atoms with Crippen molar-refractivity contribution in [3.8, 4) is 0 Å². The Labute approximate surface area is 209 Å². The maximum absolute atomic E-state index is 13.9. The van der Waals surface area contributed by atoms with Gasteiger partial charge in [-0.05, 0) is 69.0 Å². The maximum Gasteiger partial charge on any atom is 0.259 e. The molecule has 0 atom stereocenters. The first-order valence-corrected chi connectivity index (χ1v) is 11.5. The molecule has 2 heterocycles. The molecule has 3 aromatic rings. The summed E-state index contributed by atoms with van der Waals surface area (Å²) in [6.07, 6.45) is 3.84. The first-order valence-electron chi connectivity index (χ1n) is 11.2. The normalized spacial score (nSPS) is 10.8. The molecule has 0 aliphatic rings. The lowest BCUT2D eigenvalue weighted by Gasteiger charge is -2.20. The van der Waals surface area contributed by atoms with Crippen LogP contribution in [0.5, 0.6) is 0 Å². The van der Waals surface area contributed by atoms with Crippen LogP contribution < -0.4 is 15.5 Å². The molecule has 8 nitrogen and oxygen atoms in total. The molecule has 10 heteroatoms. The van der Waals surface area contributed by atoms with Gasteiger partial charge >= 0.3 is 0 Å². The summed E-state index contributed by atoms with van der Waals surface area (Å²) in [6, 6.07) is 10.1. The van der Waals surface area contributed by atoms with Gasteiger partial charge in [-0.25, -0.2) is 14.4 Å². The zero-order chi connectivity index (χ0) is 25.4. The molecule has 0 radical (unpaired) electrons. The predicted octanol–water partition coefficient (Wildman–Crippen LogP) is 4.55. The average Bonchev–Trinajstić information content (AvgIpc) is 2.86. The number of halogens is 2. The fourth-order valence-corrected chi connectivity index (χ4v) is 3.35. The third kappa shape index (κ3) is 7.46. The van der Waals surface area contributed by atoms with Crippen molar-refractivity contribution in [3.63, 3.8) is 0 Å². The van der Waals surface area contributed by atoms with Gasteiger partial charge in [0.25, 0.3) is 11.8 Å². The van der Waals surface area contributed by atoms with E-state index in [1.54, 1.807) is 18.2 Å². The summed E-state index contributed by atoms with van der Waals surface area (Å²) < 4.78 is 13.9. The summed E-state index contributed by atoms with van der Waals surface area (Å²) in [7, 11) is 4.03. The molecule has 2 N–H and O–H groups in total. The van der Waals surface area contributed by atoms with E-state index < -0.39 is 17.6 Å². The van der Waals surface area contributed by atoms with Gasteiger partial charge in [0.1, 0.15) is 17.5 Å². The van der Waals surface area contributed by atoms with Gasteiger partial charge in [0.05, 0.1) is 21.8 Å². The van der Waals surface area contributed by atoms with Crippen molar-refractivity contribution in [2.24, 2.45) is 0 Å². The summed E-state index contributed by atoms with van der Waals surface area (Å²) >= 11 is 5.81. The Morgan fingerprint density at radius 1 is 0.971 bits per heavy atom. The average molecular weight is 499 g/mol. The predicted molar refractivity (Wildman–Crippen MR) is 137 cm³/mol. The highest BCUT2D eigenvalue weighted by Gasteiger charge is 2.17. The van der Waals surface area contributed by atoms with Crippen LogP contribution >= 0.6 is 11.6 Å². The number of anilines is 3. The third-order valence-electron chi connectivity index (χ3n) is 5.42. The van der Waals surface area contributed by atoms with E-state index in [0.29, 0.717) is 10.6 Å². The van der Waals surface area contributed by atoms with Crippen LogP contribution in [-0.4, -0.2) is 60.4 Å². The molecular weight excluding hydrogens is 471 g/mol. The van der Waals surface area contributed by atoms with Gasteiger partial charge in [-0.3, -0.25) is 9.59 Å². The van der Waals surface area contributed by atoms with Crippen molar-refractivity contribution in [2.75, 3.05) is 49.3 Å². The number of nitrogens with zero attached hydrogens (tertiary/aromatic N) is 4. The Morgan fingerprint density at radius 3 is 2.43 bits per heavy atom. The number of hydrogen-bond acceptors (Lipinski definition) is 6. The standard InChI is InChI=1S/C25H28ClFN6O2/c1-4-32(2)12-5-13-33(3)23-11-6-17(15-29-23)24(34)30-21-9-8-19(27)14-20(21)25(35)31-22-10-7-18(26)16-28-22/h6-11,14-16H,4-5,12-13H2,1-3H3,(H,30,34)(H,28,31,35). The van der Waals surface area contributed by atoms with Crippen LogP contribution in [0.4, 0.5) is 21.7 Å². The van der Waals surface area contributed by atoms with Crippen molar-refractivity contribution in [3.05, 3.63) is 76.8 Å². The lowest BCUT2D eigenvalue weighted by atomic mass is 10.1. The van der Waals surface area contributed by atoms with Gasteiger partial charge in [0.2, 0.25) is 0 Å². The van der Waals surface area contributed by atoms with Crippen LogP contribution in [0.1, 0.15) is 34.1 Å². The van der Waals surface area contributed by atoms with Crippen molar-refractivity contribution in [1.82, 2.24) is 14.9 Å². The molecule has 0 saturated carbocycles. The highest BCUT2D eigenvalue weighted by atomic mass is 35.5. The zero-order valence-corrected chi connectivity index (χ0v) is 20.6. The smallest absolute Gasteiger partial charge is 0.259 e. The second kappa shape index (κ2) is 12.2. The summed E-state index contributed by atoms with van der Waals surface area (Å²) in [5.41, 5.74) is 0.420. The molecule has 0 bridgehead atoms. The number of amides is 2. The molecule has 0 spiro atoms. The molecule has 0 unspecified atom stereocenters. The van der Waals surface area contributed by atoms with E-state index in [2.05, 4.69) is 39.5 Å². The van der Waals surface area contributed by atoms with Crippen LogP contribution in [0.3, 0.4) is 0 Å². The van der Waals surface area contributed by atoms with Gasteiger partial charge in [-0.1, -0.05) is 18.5 Å². The Hall–Kier alpha value is -3.56. The minimum Gasteiger partial charge on any atom is -0.360 e. The van der Waals surface area contributed by atoms with Crippen LogP contribution in [0.25, 0.3) is 0 Å². The first-order chi connectivity index (χ1) is 16.8. The van der Waals surface area contributed by atoms with E-state index in [0.717, 1.165) is 37.9 Å². The number of nitrogens with one attached hydrogen (secondary N) is 2. The highest BCUT2D eigenvalue weighted by molar-refractivity contribution is 6.30. The molecule has 35 heavy (non-hydrogen) atoms. The number of hydrogen-bond donors (Lipinski definition) is 2. The summed E-state index contributed by atoms with van der Waals surface area (Å²) in [5.74, 6) is -0.722. The van der Waals surface area contributed by atoms with E-state index in [1.165, 1.54) is 30.6 Å². The van der Waals surface area contributed by atoms with Gasteiger partial charge in [0, 0.05) is 26.0 Å². The Kier molecular flexibility index (Phi) is 9.11. The number of pyridine rings is 2. The molecule has 2 aromatic heterocycles. The van der Waals surface area contributed by atoms with Crippen molar-refractivity contribution >= 4 is 40.7 Å². The largest absolute Gasteiger partial charge is 0.360 e. The molecule has 0 aliphatic heterocycles. The van der Waals surface area contributed by atoms with Gasteiger partial charge in [-0.15, -0.1) is 0 Å². The van der Waals surface area contributed by atoms with E-state index in [-0.39, 0.29) is 17.1 Å². The fourth-order valence-electron chi connectivity index (χ4n) is 3.24. The molecule has 0 saturated heterocycles. The monoisotopic (exact) mass is 498 g/mol. The second-order valence-corrected chi connectivity index (χ2v) is 8.47. The zero-order valence-electron chi connectivity index (χ0n) is 19.9. The third-order valence-corrected chi connectivity index (χ3v) is 5.64. The van der Waals surface area contributed by atoms with E-state index in [1.807, 2.05) is 11.9 Å². The quantitative estimate of drug-likeness (QED) is 0.426. The van der Waals surface area contributed by atoms with Gasteiger partial charge in [-0.2, -0.15) is 0 Å². The van der Waals surface area contributed by atoms with E-state index in [4.69, 9.17) is 11.6 Å². The summed E-state index contributed by atoms with van der Waals surface area (Å²) in [6.45, 7) is 4.94. The molecule has 184 valence electrons. The number of rotatable bonds is 10. The summed E-state index contributed by atoms with van der Waals surface area (Å²) in [5, 5.41) is 5.64. The van der Waals surface area contributed by atoms with Crippen LogP contribution in [0.15, 0.2) is 54.9 Å². The fraction of sp³-hybridized carbons (Fsp3) is 0.280. The van der Waals surface area contributed by atoms with E-state index >= 15 is 0 Å². The van der Waals surface area contributed by atoms with Crippen LogP contribution in [0, 0.1) is 5.82 Å². The summed E-state index contributed by atoms with van der Waals surface area (Å²) in [4.78, 5) is 38.2. The van der Waals surface area contributed by atoms with E-state index in [9.17, 15) is 14.0 Å². The lowest BCUT2D eigenvalue weighted by Crippen LogP contribution is -2.26. The first kappa shape index (κ1) is 26.1. The van der Waals surface area contributed by atoms with Gasteiger partial charge < -0.3 is 20.4 Å². The Bertz CT molecular complexity index is 1160. The lowest BCUT2D eigenvalue weighted by molar-refractivity contribution is 0.102. The Balaban J connectivity index is 1.67. The van der Waals surface area contributed by atoms with Crippen molar-refractivity contribution in [1.29, 1.82) is 0 Å². The number of carbonyl (C=O) groups excluding carboxylic acids is 2. The molecular formula is C25H28ClFN6O2. The molecule has 0 aliphatic carbocycles. The molecule has 2 amide bonds. The molecule has 3 rings (SSSR count). The number of benzene rings is 1. The maximum atomic E-state index is 13.9. The molecule has 1 aromatic carbocycles. The van der Waals surface area contributed by atoms with Crippen LogP contribution in [-0.2, 0) is 0 Å². The highest BCUT2D eigenvalue weighted by Crippen LogP contribution is 2.21. The van der Waals surface area contributed by atoms with Crippen LogP contribution in [0.2, 0.25) is 5.02 Å². The molecule has 0 fully saturated rings. The minimum atomic E-state index is -0.626. The number of carbonyl (C=O) groups is 2. The van der Waals surface area contributed by atoms with Crippen molar-refractivity contribution in [2.45, 2.75) is 13.3 Å². The van der Waals surface area contributed by atoms with Crippen molar-refractivity contribution < 1.29 is 14.0 Å². The Morgan fingerprint density at radius 2 is 1.77 bits per heavy atom. The SMILES string of the molecule is CCN(C)CCCN(C)c1ccc(C(=O)Nc2ccc(F)cc2C(=O)Nc2ccc(Cl)cn2)cn1. The number of aromatic nitrogens is 2. The second-order valence-electron chi connectivity index (χ2n) is 8.04. The minimum absolute atomic E-state index is 0.0449.